The lowest BCUT2D eigenvalue weighted by Gasteiger charge is -2.10. The Morgan fingerprint density at radius 1 is 1.28 bits per heavy atom. The first-order valence-corrected chi connectivity index (χ1v) is 8.33. The molecule has 136 valence electrons. The number of nitrogens with one attached hydrogen (secondary N) is 1. The molecule has 0 aliphatic rings. The fourth-order valence-corrected chi connectivity index (χ4v) is 2.14. The van der Waals surface area contributed by atoms with Crippen LogP contribution in [0.15, 0.2) is 47.6 Å². The van der Waals surface area contributed by atoms with Gasteiger partial charge < -0.3 is 15.8 Å². The van der Waals surface area contributed by atoms with Gasteiger partial charge in [-0.2, -0.15) is 0 Å². The average Bonchev–Trinajstić information content (AvgIpc) is 2.59. The van der Waals surface area contributed by atoms with Crippen molar-refractivity contribution < 1.29 is 4.74 Å². The molecule has 0 radical (unpaired) electrons. The molecule has 3 N–H and O–H groups in total. The van der Waals surface area contributed by atoms with Gasteiger partial charge in [-0.15, -0.1) is 24.0 Å². The van der Waals surface area contributed by atoms with Gasteiger partial charge in [0.25, 0.3) is 0 Å². The third-order valence-electron chi connectivity index (χ3n) is 3.51. The summed E-state index contributed by atoms with van der Waals surface area (Å²) in [6, 6.07) is 12.0. The van der Waals surface area contributed by atoms with Gasteiger partial charge in [0.1, 0.15) is 0 Å². The minimum atomic E-state index is 0. The number of hydrogen-bond acceptors (Lipinski definition) is 3. The minimum absolute atomic E-state index is 0. The predicted octanol–water partition coefficient (Wildman–Crippen LogP) is 4.54. The van der Waals surface area contributed by atoms with E-state index < -0.39 is 0 Å². The molecule has 25 heavy (non-hydrogen) atoms. The van der Waals surface area contributed by atoms with Crippen LogP contribution in [-0.2, 0) is 6.54 Å². The molecule has 0 atom stereocenters. The summed E-state index contributed by atoms with van der Waals surface area (Å²) in [7, 11) is 0. The number of ether oxygens (including phenoxy) is 1. The lowest BCUT2D eigenvalue weighted by molar-refractivity contribution is 0.305. The van der Waals surface area contributed by atoms with Gasteiger partial charge in [0.2, 0.25) is 5.88 Å². The molecule has 0 saturated heterocycles. The van der Waals surface area contributed by atoms with Crippen LogP contribution in [0.1, 0.15) is 44.2 Å². The second kappa shape index (κ2) is 10.9. The van der Waals surface area contributed by atoms with E-state index in [1.54, 1.807) is 6.20 Å². The van der Waals surface area contributed by atoms with Crippen molar-refractivity contribution in [1.82, 2.24) is 4.98 Å². The predicted molar refractivity (Wildman–Crippen MR) is 115 cm³/mol. The quantitative estimate of drug-likeness (QED) is 0.366. The van der Waals surface area contributed by atoms with E-state index in [0.717, 1.165) is 17.7 Å². The Morgan fingerprint density at radius 3 is 2.72 bits per heavy atom. The summed E-state index contributed by atoms with van der Waals surface area (Å²) < 4.78 is 5.46. The van der Waals surface area contributed by atoms with Gasteiger partial charge in [0.05, 0.1) is 13.2 Å². The highest BCUT2D eigenvalue weighted by molar-refractivity contribution is 14.0. The van der Waals surface area contributed by atoms with Gasteiger partial charge in [-0.05, 0) is 35.6 Å². The monoisotopic (exact) mass is 454 g/mol. The molecule has 0 spiro atoms. The third kappa shape index (κ3) is 7.29. The molecule has 2 rings (SSSR count). The zero-order valence-corrected chi connectivity index (χ0v) is 17.4. The van der Waals surface area contributed by atoms with Crippen LogP contribution < -0.4 is 15.8 Å². The number of halogens is 1. The van der Waals surface area contributed by atoms with E-state index in [0.29, 0.717) is 30.9 Å². The maximum Gasteiger partial charge on any atom is 0.213 e. The molecule has 6 heteroatoms. The van der Waals surface area contributed by atoms with Crippen LogP contribution >= 0.6 is 24.0 Å². The van der Waals surface area contributed by atoms with Gasteiger partial charge in [-0.25, -0.2) is 9.98 Å². The Balaban J connectivity index is 0.00000312. The number of nitrogens with zero attached hydrogens (tertiary/aromatic N) is 2. The number of guanidine groups is 1. The number of nitrogens with two attached hydrogens (primary N) is 1. The van der Waals surface area contributed by atoms with Crippen molar-refractivity contribution in [2.75, 3.05) is 11.9 Å². The molecule has 1 aromatic carbocycles. The summed E-state index contributed by atoms with van der Waals surface area (Å²) in [5, 5.41) is 3.13. The lowest BCUT2D eigenvalue weighted by atomic mass is 10.0. The van der Waals surface area contributed by atoms with Crippen molar-refractivity contribution in [3.63, 3.8) is 0 Å². The van der Waals surface area contributed by atoms with Gasteiger partial charge in [-0.3, -0.25) is 0 Å². The number of hydrogen-bond donors (Lipinski definition) is 2. The Bertz CT molecular complexity index is 671. The van der Waals surface area contributed by atoms with E-state index in [1.165, 1.54) is 5.56 Å². The molecule has 5 nitrogen and oxygen atoms in total. The topological polar surface area (TPSA) is 72.5 Å². The van der Waals surface area contributed by atoms with Crippen LogP contribution in [-0.4, -0.2) is 17.6 Å². The van der Waals surface area contributed by atoms with E-state index in [9.17, 15) is 0 Å². The van der Waals surface area contributed by atoms with E-state index >= 15 is 0 Å². The molecule has 1 heterocycles. The Hall–Kier alpha value is -1.83. The molecule has 0 saturated carbocycles. The molecule has 0 aliphatic carbocycles. The minimum Gasteiger partial charge on any atom is -0.478 e. The van der Waals surface area contributed by atoms with Crippen molar-refractivity contribution >= 4 is 35.6 Å². The number of aliphatic imine (C=N–C) groups is 1. The maximum absolute atomic E-state index is 5.97. The fourth-order valence-electron chi connectivity index (χ4n) is 2.14. The lowest BCUT2D eigenvalue weighted by Crippen LogP contribution is -2.22. The Kier molecular flexibility index (Phi) is 9.26. The normalized spacial score (nSPS) is 11.1. The van der Waals surface area contributed by atoms with Crippen LogP contribution in [0, 0.1) is 0 Å². The van der Waals surface area contributed by atoms with Crippen LogP contribution in [0.4, 0.5) is 5.69 Å². The summed E-state index contributed by atoms with van der Waals surface area (Å²) in [5.41, 5.74) is 9.17. The van der Waals surface area contributed by atoms with Crippen molar-refractivity contribution in [2.24, 2.45) is 10.7 Å². The molecule has 0 fully saturated rings. The van der Waals surface area contributed by atoms with E-state index in [2.05, 4.69) is 48.2 Å². The van der Waals surface area contributed by atoms with Crippen molar-refractivity contribution in [3.8, 4) is 5.88 Å². The van der Waals surface area contributed by atoms with Gasteiger partial charge >= 0.3 is 0 Å². The number of benzene rings is 1. The van der Waals surface area contributed by atoms with Crippen LogP contribution in [0.3, 0.4) is 0 Å². The molecule has 0 amide bonds. The van der Waals surface area contributed by atoms with Crippen LogP contribution in [0.2, 0.25) is 0 Å². The number of rotatable bonds is 7. The molecule has 0 aliphatic heterocycles. The second-order valence-electron chi connectivity index (χ2n) is 5.96. The summed E-state index contributed by atoms with van der Waals surface area (Å²) in [4.78, 5) is 8.61. The highest BCUT2D eigenvalue weighted by atomic mass is 127. The van der Waals surface area contributed by atoms with Gasteiger partial charge in [0, 0.05) is 18.0 Å². The SMILES string of the molecule is CCCOc1ccc(CN=C(N)Nc2cccc(C(C)C)c2)cn1.I. The van der Waals surface area contributed by atoms with E-state index in [4.69, 9.17) is 10.5 Å². The smallest absolute Gasteiger partial charge is 0.213 e. The molecule has 2 aromatic rings. The van der Waals surface area contributed by atoms with Crippen molar-refractivity contribution in [2.45, 2.75) is 39.7 Å². The first kappa shape index (κ1) is 21.2. The van der Waals surface area contributed by atoms with Crippen LogP contribution in [0.25, 0.3) is 0 Å². The molecule has 0 bridgehead atoms. The molecular weight excluding hydrogens is 427 g/mol. The second-order valence-corrected chi connectivity index (χ2v) is 5.96. The summed E-state index contributed by atoms with van der Waals surface area (Å²) in [6.45, 7) is 7.55. The summed E-state index contributed by atoms with van der Waals surface area (Å²) in [6.07, 6.45) is 2.73. The molecular formula is C19H27IN4O. The Labute approximate surface area is 167 Å². The van der Waals surface area contributed by atoms with E-state index in [1.807, 2.05) is 24.3 Å². The first-order valence-electron chi connectivity index (χ1n) is 8.33. The number of anilines is 1. The van der Waals surface area contributed by atoms with Crippen molar-refractivity contribution in [3.05, 3.63) is 53.7 Å². The van der Waals surface area contributed by atoms with Gasteiger partial charge in [0.15, 0.2) is 5.96 Å². The molecule has 0 unspecified atom stereocenters. The van der Waals surface area contributed by atoms with Gasteiger partial charge in [-0.1, -0.05) is 39.0 Å². The number of aromatic nitrogens is 1. The Morgan fingerprint density at radius 2 is 2.08 bits per heavy atom. The highest BCUT2D eigenvalue weighted by Crippen LogP contribution is 2.18. The standard InChI is InChI=1S/C19H26N4O.HI/c1-4-10-24-18-9-8-15(12-21-18)13-22-19(20)23-17-7-5-6-16(11-17)14(2)3;/h5-9,11-12,14H,4,10,13H2,1-3H3,(H3,20,22,23);1H. The fraction of sp³-hybridized carbons (Fsp3) is 0.368. The van der Waals surface area contributed by atoms with Crippen LogP contribution in [0.5, 0.6) is 5.88 Å². The maximum atomic E-state index is 5.97. The van der Waals surface area contributed by atoms with Crippen molar-refractivity contribution in [1.29, 1.82) is 0 Å². The first-order chi connectivity index (χ1) is 11.6. The highest BCUT2D eigenvalue weighted by Gasteiger charge is 2.01. The molecule has 1 aromatic heterocycles. The summed E-state index contributed by atoms with van der Waals surface area (Å²) in [5.74, 6) is 1.51. The van der Waals surface area contributed by atoms with E-state index in [-0.39, 0.29) is 24.0 Å². The third-order valence-corrected chi connectivity index (χ3v) is 3.51. The summed E-state index contributed by atoms with van der Waals surface area (Å²) >= 11 is 0. The zero-order valence-electron chi connectivity index (χ0n) is 15.0. The largest absolute Gasteiger partial charge is 0.478 e. The number of pyridine rings is 1. The average molecular weight is 454 g/mol. The zero-order chi connectivity index (χ0) is 17.4.